The molecular weight excluding hydrogens is 430 g/mol. The van der Waals surface area contributed by atoms with E-state index >= 15 is 0 Å². The van der Waals surface area contributed by atoms with Crippen molar-refractivity contribution in [3.8, 4) is 21.9 Å². The lowest BCUT2D eigenvalue weighted by Crippen LogP contribution is -2.38. The molecule has 1 aromatic heterocycles. The van der Waals surface area contributed by atoms with Gasteiger partial charge in [-0.2, -0.15) is 0 Å². The van der Waals surface area contributed by atoms with Crippen molar-refractivity contribution in [2.75, 3.05) is 44.6 Å². The van der Waals surface area contributed by atoms with Crippen LogP contribution in [-0.4, -0.2) is 62.4 Å². The van der Waals surface area contributed by atoms with Crippen molar-refractivity contribution in [1.29, 1.82) is 0 Å². The van der Waals surface area contributed by atoms with E-state index in [1.165, 1.54) is 11.3 Å². The van der Waals surface area contributed by atoms with Gasteiger partial charge in [0.05, 0.1) is 0 Å². The lowest BCUT2D eigenvalue weighted by molar-refractivity contribution is 0.197. The Hall–Kier alpha value is -2.82. The molecule has 1 aliphatic rings. The van der Waals surface area contributed by atoms with Gasteiger partial charge in [0, 0.05) is 30.1 Å². The number of hydrogen-bond donors (Lipinski definition) is 4. The molecule has 3 amide bonds. The number of carbonyl (C=O) groups excluding carboxylic acids is 2. The van der Waals surface area contributed by atoms with Gasteiger partial charge in [-0.1, -0.05) is 26.0 Å². The number of ether oxygens (including phenoxy) is 2. The van der Waals surface area contributed by atoms with Gasteiger partial charge in [-0.15, -0.1) is 11.3 Å². The highest BCUT2D eigenvalue weighted by atomic mass is 32.1. The normalized spacial score (nSPS) is 15.5. The number of urea groups is 1. The lowest BCUT2D eigenvalue weighted by atomic mass is 10.2. The average molecular weight is 462 g/mol. The Morgan fingerprint density at radius 2 is 2.09 bits per heavy atom. The van der Waals surface area contributed by atoms with Crippen molar-refractivity contribution in [2.45, 2.75) is 26.3 Å². The second-order valence-electron chi connectivity index (χ2n) is 7.42. The van der Waals surface area contributed by atoms with Crippen LogP contribution in [0.25, 0.3) is 10.4 Å². The summed E-state index contributed by atoms with van der Waals surface area (Å²) >= 11 is 1.28. The standard InChI is InChI=1S/C22H31N5O4S/c1-3-27(4-2)10-11-30-17-7-5-6-15(12-17)19-13-18(20(32-19)26-21(23)28)31-22(29)25-16-8-9-24-14-16/h5-7,12-13,16,24H,3-4,8-11,14H2,1-2H3,(H,25,29)(H3,23,26,28). The number of primary amides is 1. The van der Waals surface area contributed by atoms with Crippen molar-refractivity contribution in [3.63, 3.8) is 0 Å². The topological polar surface area (TPSA) is 118 Å². The molecule has 0 saturated carbocycles. The number of nitrogens with one attached hydrogen (secondary N) is 3. The molecule has 1 aliphatic heterocycles. The molecule has 1 fully saturated rings. The fourth-order valence-corrected chi connectivity index (χ4v) is 4.42. The summed E-state index contributed by atoms with van der Waals surface area (Å²) in [6, 6.07) is 8.69. The highest BCUT2D eigenvalue weighted by Crippen LogP contribution is 2.41. The number of benzene rings is 1. The van der Waals surface area contributed by atoms with E-state index in [9.17, 15) is 9.59 Å². The van der Waals surface area contributed by atoms with Gasteiger partial charge >= 0.3 is 12.1 Å². The summed E-state index contributed by atoms with van der Waals surface area (Å²) in [5.41, 5.74) is 6.19. The van der Waals surface area contributed by atoms with E-state index in [2.05, 4.69) is 34.7 Å². The molecule has 1 atom stereocenters. The molecule has 5 N–H and O–H groups in total. The Bertz CT molecular complexity index is 909. The van der Waals surface area contributed by atoms with Gasteiger partial charge in [-0.3, -0.25) is 5.32 Å². The summed E-state index contributed by atoms with van der Waals surface area (Å²) in [5.74, 6) is 1.00. The van der Waals surface area contributed by atoms with Gasteiger partial charge in [0.25, 0.3) is 0 Å². The predicted octanol–water partition coefficient (Wildman–Crippen LogP) is 3.08. The molecule has 0 aliphatic carbocycles. The van der Waals surface area contributed by atoms with Crippen LogP contribution in [0.3, 0.4) is 0 Å². The first kappa shape index (κ1) is 23.8. The molecule has 10 heteroatoms. The molecule has 2 heterocycles. The zero-order chi connectivity index (χ0) is 22.9. The first-order chi connectivity index (χ1) is 15.5. The van der Waals surface area contributed by atoms with E-state index in [0.29, 0.717) is 18.2 Å². The Morgan fingerprint density at radius 3 is 2.78 bits per heavy atom. The zero-order valence-electron chi connectivity index (χ0n) is 18.5. The molecule has 1 aromatic carbocycles. The van der Waals surface area contributed by atoms with E-state index in [1.54, 1.807) is 6.07 Å². The summed E-state index contributed by atoms with van der Waals surface area (Å²) in [7, 11) is 0. The maximum atomic E-state index is 12.3. The quantitative estimate of drug-likeness (QED) is 0.432. The number of nitrogens with zero attached hydrogens (tertiary/aromatic N) is 1. The van der Waals surface area contributed by atoms with E-state index in [4.69, 9.17) is 15.2 Å². The Labute approximate surface area is 192 Å². The molecule has 174 valence electrons. The summed E-state index contributed by atoms with van der Waals surface area (Å²) in [6.45, 7) is 9.23. The van der Waals surface area contributed by atoms with Gasteiger partial charge in [0.2, 0.25) is 0 Å². The van der Waals surface area contributed by atoms with Crippen LogP contribution in [0.5, 0.6) is 11.5 Å². The average Bonchev–Trinajstić information content (AvgIpc) is 3.41. The van der Waals surface area contributed by atoms with Crippen LogP contribution in [0.2, 0.25) is 0 Å². The molecule has 0 spiro atoms. The fraction of sp³-hybridized carbons (Fsp3) is 0.455. The lowest BCUT2D eigenvalue weighted by Gasteiger charge is -2.18. The van der Waals surface area contributed by atoms with E-state index < -0.39 is 12.1 Å². The molecule has 0 bridgehead atoms. The van der Waals surface area contributed by atoms with E-state index in [0.717, 1.165) is 48.8 Å². The minimum atomic E-state index is -0.725. The molecule has 32 heavy (non-hydrogen) atoms. The monoisotopic (exact) mass is 461 g/mol. The molecule has 2 aromatic rings. The van der Waals surface area contributed by atoms with Gasteiger partial charge in [0.1, 0.15) is 17.4 Å². The molecule has 0 radical (unpaired) electrons. The third kappa shape index (κ3) is 6.84. The van der Waals surface area contributed by atoms with Gasteiger partial charge in [0.15, 0.2) is 5.75 Å². The molecule has 1 saturated heterocycles. The third-order valence-electron chi connectivity index (χ3n) is 5.21. The largest absolute Gasteiger partial charge is 0.492 e. The first-order valence-electron chi connectivity index (χ1n) is 10.8. The number of amides is 3. The second kappa shape index (κ2) is 11.7. The number of likely N-dealkylation sites (N-methyl/N-ethyl adjacent to an activating group) is 1. The van der Waals surface area contributed by atoms with Crippen molar-refractivity contribution < 1.29 is 19.1 Å². The highest BCUT2D eigenvalue weighted by molar-refractivity contribution is 7.20. The van der Waals surface area contributed by atoms with E-state index in [-0.39, 0.29) is 11.8 Å². The summed E-state index contributed by atoms with van der Waals surface area (Å²) in [5, 5.41) is 8.92. The summed E-state index contributed by atoms with van der Waals surface area (Å²) < 4.78 is 11.4. The molecule has 1 unspecified atom stereocenters. The Kier molecular flexibility index (Phi) is 8.72. The SMILES string of the molecule is CCN(CC)CCOc1cccc(-c2cc(OC(=O)NC3CCNC3)c(NC(N)=O)s2)c1. The predicted molar refractivity (Wildman–Crippen MR) is 127 cm³/mol. The van der Waals surface area contributed by atoms with Gasteiger partial charge in [-0.05, 0) is 43.8 Å². The highest BCUT2D eigenvalue weighted by Gasteiger charge is 2.21. The van der Waals surface area contributed by atoms with Crippen LogP contribution in [0, 0.1) is 0 Å². The first-order valence-corrected chi connectivity index (χ1v) is 11.6. The third-order valence-corrected chi connectivity index (χ3v) is 6.29. The minimum absolute atomic E-state index is 0.0262. The minimum Gasteiger partial charge on any atom is -0.492 e. The summed E-state index contributed by atoms with van der Waals surface area (Å²) in [6.07, 6.45) is 0.279. The number of anilines is 1. The second-order valence-corrected chi connectivity index (χ2v) is 8.47. The number of carbonyl (C=O) groups is 2. The van der Waals surface area contributed by atoms with E-state index in [1.807, 2.05) is 24.3 Å². The molecule has 9 nitrogen and oxygen atoms in total. The smallest absolute Gasteiger partial charge is 0.412 e. The van der Waals surface area contributed by atoms with Crippen LogP contribution in [0.4, 0.5) is 14.6 Å². The van der Waals surface area contributed by atoms with Crippen molar-refractivity contribution in [2.24, 2.45) is 5.73 Å². The van der Waals surface area contributed by atoms with Gasteiger partial charge in [-0.25, -0.2) is 9.59 Å². The molecular formula is C22H31N5O4S. The number of rotatable bonds is 10. The van der Waals surface area contributed by atoms with Crippen LogP contribution in [0.1, 0.15) is 20.3 Å². The van der Waals surface area contributed by atoms with Crippen LogP contribution >= 0.6 is 11.3 Å². The Balaban J connectivity index is 1.71. The maximum absolute atomic E-state index is 12.3. The number of hydrogen-bond acceptors (Lipinski definition) is 7. The fourth-order valence-electron chi connectivity index (χ4n) is 3.44. The molecule has 3 rings (SSSR count). The van der Waals surface area contributed by atoms with Crippen molar-refractivity contribution >= 4 is 28.5 Å². The van der Waals surface area contributed by atoms with Crippen LogP contribution in [0.15, 0.2) is 30.3 Å². The summed E-state index contributed by atoms with van der Waals surface area (Å²) in [4.78, 5) is 26.8. The van der Waals surface area contributed by atoms with Crippen molar-refractivity contribution in [3.05, 3.63) is 30.3 Å². The zero-order valence-corrected chi connectivity index (χ0v) is 19.3. The van der Waals surface area contributed by atoms with Crippen LogP contribution in [-0.2, 0) is 0 Å². The van der Waals surface area contributed by atoms with Gasteiger partial charge < -0.3 is 30.7 Å². The Morgan fingerprint density at radius 1 is 1.28 bits per heavy atom. The van der Waals surface area contributed by atoms with Crippen LogP contribution < -0.4 is 31.2 Å². The maximum Gasteiger partial charge on any atom is 0.412 e. The van der Waals surface area contributed by atoms with Crippen molar-refractivity contribution in [1.82, 2.24) is 15.5 Å². The number of thiophene rings is 1. The number of nitrogens with two attached hydrogens (primary N) is 1.